The van der Waals surface area contributed by atoms with Gasteiger partial charge < -0.3 is 14.8 Å². The fourth-order valence-electron chi connectivity index (χ4n) is 3.39. The van der Waals surface area contributed by atoms with Crippen LogP contribution in [-0.4, -0.2) is 31.9 Å². The largest absolute Gasteiger partial charge is 0.497 e. The van der Waals surface area contributed by atoms with E-state index in [2.05, 4.69) is 47.8 Å². The van der Waals surface area contributed by atoms with Gasteiger partial charge in [-0.3, -0.25) is 0 Å². The van der Waals surface area contributed by atoms with E-state index in [0.29, 0.717) is 24.2 Å². The Morgan fingerprint density at radius 3 is 2.33 bits per heavy atom. The molecule has 0 unspecified atom stereocenters. The Hall–Kier alpha value is -1.84. The first-order chi connectivity index (χ1) is 10.4. The van der Waals surface area contributed by atoms with E-state index in [1.807, 2.05) is 12.1 Å². The van der Waals surface area contributed by atoms with E-state index in [1.165, 1.54) is 11.1 Å². The maximum absolute atomic E-state index is 5.75. The molecule has 3 heteroatoms. The van der Waals surface area contributed by atoms with Crippen molar-refractivity contribution in [3.8, 4) is 5.75 Å². The molecular weight excluding hydrogens is 262 g/mol. The second kappa shape index (κ2) is 5.17. The van der Waals surface area contributed by atoms with Gasteiger partial charge in [-0.15, -0.1) is 0 Å². The number of rotatable bonds is 4. The van der Waals surface area contributed by atoms with Crippen LogP contribution in [0.25, 0.3) is 0 Å². The van der Waals surface area contributed by atoms with Crippen LogP contribution < -0.4 is 10.1 Å². The highest BCUT2D eigenvalue weighted by molar-refractivity contribution is 5.39. The van der Waals surface area contributed by atoms with Crippen molar-refractivity contribution in [3.63, 3.8) is 0 Å². The van der Waals surface area contributed by atoms with Gasteiger partial charge in [-0.25, -0.2) is 0 Å². The Morgan fingerprint density at radius 2 is 1.76 bits per heavy atom. The van der Waals surface area contributed by atoms with Crippen LogP contribution >= 0.6 is 0 Å². The van der Waals surface area contributed by atoms with Gasteiger partial charge in [0.05, 0.1) is 13.2 Å². The van der Waals surface area contributed by atoms with E-state index in [9.17, 15) is 0 Å². The Labute approximate surface area is 124 Å². The van der Waals surface area contributed by atoms with E-state index in [-0.39, 0.29) is 0 Å². The quantitative estimate of drug-likeness (QED) is 0.875. The van der Waals surface area contributed by atoms with E-state index >= 15 is 0 Å². The van der Waals surface area contributed by atoms with E-state index in [1.54, 1.807) is 7.11 Å². The lowest BCUT2D eigenvalue weighted by Gasteiger charge is -2.26. The molecule has 0 radical (unpaired) electrons. The molecule has 0 saturated carbocycles. The number of fused-ring (bicyclic) bond motifs is 1. The first-order valence-corrected chi connectivity index (χ1v) is 7.44. The minimum Gasteiger partial charge on any atom is -0.497 e. The zero-order valence-corrected chi connectivity index (χ0v) is 12.0. The summed E-state index contributed by atoms with van der Waals surface area (Å²) in [5.41, 5.74) is 2.63. The monoisotopic (exact) mass is 281 g/mol. The highest BCUT2D eigenvalue weighted by atomic mass is 16.6. The molecule has 2 aromatic carbocycles. The highest BCUT2D eigenvalue weighted by Crippen LogP contribution is 2.40. The molecule has 2 aromatic rings. The molecule has 2 heterocycles. The van der Waals surface area contributed by atoms with Gasteiger partial charge in [0.1, 0.15) is 11.9 Å². The van der Waals surface area contributed by atoms with Crippen LogP contribution in [0.15, 0.2) is 54.6 Å². The van der Waals surface area contributed by atoms with E-state index < -0.39 is 0 Å². The molecule has 108 valence electrons. The predicted molar refractivity (Wildman–Crippen MR) is 81.7 cm³/mol. The van der Waals surface area contributed by atoms with Crippen molar-refractivity contribution in [2.75, 3.05) is 13.7 Å². The Morgan fingerprint density at radius 1 is 1.05 bits per heavy atom. The normalized spacial score (nSPS) is 28.0. The van der Waals surface area contributed by atoms with Gasteiger partial charge in [0.2, 0.25) is 0 Å². The number of morpholine rings is 1. The van der Waals surface area contributed by atoms with Crippen LogP contribution in [0.1, 0.15) is 17.0 Å². The summed E-state index contributed by atoms with van der Waals surface area (Å²) >= 11 is 0. The number of nitrogens with one attached hydrogen (secondary N) is 1. The molecule has 21 heavy (non-hydrogen) atoms. The smallest absolute Gasteiger partial charge is 0.118 e. The molecule has 0 aromatic heterocycles. The second-order valence-electron chi connectivity index (χ2n) is 5.73. The predicted octanol–water partition coefficient (Wildman–Crippen LogP) is 2.57. The number of benzene rings is 2. The number of methoxy groups -OCH3 is 1. The Bertz CT molecular complexity index is 611. The third kappa shape index (κ3) is 2.33. The summed E-state index contributed by atoms with van der Waals surface area (Å²) in [6.45, 7) is 0.967. The molecule has 0 amide bonds. The molecule has 2 aliphatic rings. The fourth-order valence-corrected chi connectivity index (χ4v) is 3.39. The van der Waals surface area contributed by atoms with Crippen LogP contribution in [0.5, 0.6) is 5.75 Å². The number of epoxide rings is 1. The maximum Gasteiger partial charge on any atom is 0.118 e. The Balaban J connectivity index is 1.71. The summed E-state index contributed by atoms with van der Waals surface area (Å²) in [5, 5.41) is 3.63. The molecule has 2 aliphatic heterocycles. The lowest BCUT2D eigenvalue weighted by molar-refractivity contribution is 0.277. The molecule has 0 aliphatic carbocycles. The fraction of sp³-hybridized carbons (Fsp3) is 0.333. The average Bonchev–Trinajstić information content (AvgIpc) is 3.23. The van der Waals surface area contributed by atoms with E-state index in [0.717, 1.165) is 12.3 Å². The van der Waals surface area contributed by atoms with Crippen LogP contribution in [-0.2, 0) is 4.74 Å². The van der Waals surface area contributed by atoms with Crippen LogP contribution in [0, 0.1) is 0 Å². The Kier molecular flexibility index (Phi) is 3.17. The third-order valence-corrected chi connectivity index (χ3v) is 4.52. The van der Waals surface area contributed by atoms with Crippen LogP contribution in [0.4, 0.5) is 0 Å². The highest BCUT2D eigenvalue weighted by Gasteiger charge is 2.53. The van der Waals surface area contributed by atoms with Crippen molar-refractivity contribution in [2.24, 2.45) is 0 Å². The van der Waals surface area contributed by atoms with Gasteiger partial charge >= 0.3 is 0 Å². The molecular formula is C18H19NO2. The van der Waals surface area contributed by atoms with Gasteiger partial charge in [0.25, 0.3) is 0 Å². The standard InChI is InChI=1S/C18H19NO2/c1-20-14-9-7-13(8-10-14)16(12-5-3-2-4-6-12)17-18-15(21-18)11-19-17/h2-10,15-19H,11H2,1H3/t15-,16+,17+,18-/m1/s1. The minimum atomic E-state index is 0.314. The van der Waals surface area contributed by atoms with Gasteiger partial charge in [0.15, 0.2) is 0 Å². The van der Waals surface area contributed by atoms with Crippen molar-refractivity contribution in [1.29, 1.82) is 0 Å². The molecule has 0 bridgehead atoms. The SMILES string of the molecule is COc1ccc([C@H](c2ccccc2)[C@@H]2NC[C@H]3O[C@@H]23)cc1. The summed E-state index contributed by atoms with van der Waals surface area (Å²) in [4.78, 5) is 0. The summed E-state index contributed by atoms with van der Waals surface area (Å²) in [6.07, 6.45) is 0.775. The maximum atomic E-state index is 5.75. The summed E-state index contributed by atoms with van der Waals surface area (Å²) in [6, 6.07) is 19.4. The average molecular weight is 281 g/mol. The lowest BCUT2D eigenvalue weighted by atomic mass is 9.84. The van der Waals surface area contributed by atoms with Crippen molar-refractivity contribution in [2.45, 2.75) is 24.2 Å². The zero-order valence-electron chi connectivity index (χ0n) is 12.0. The number of hydrogen-bond donors (Lipinski definition) is 1. The number of ether oxygens (including phenoxy) is 2. The van der Waals surface area contributed by atoms with E-state index in [4.69, 9.17) is 9.47 Å². The van der Waals surface area contributed by atoms with Crippen LogP contribution in [0.2, 0.25) is 0 Å². The van der Waals surface area contributed by atoms with Gasteiger partial charge in [0, 0.05) is 18.5 Å². The molecule has 1 N–H and O–H groups in total. The lowest BCUT2D eigenvalue weighted by Crippen LogP contribution is -2.35. The molecule has 4 rings (SSSR count). The van der Waals surface area contributed by atoms with Crippen LogP contribution in [0.3, 0.4) is 0 Å². The number of hydrogen-bond acceptors (Lipinski definition) is 3. The van der Waals surface area contributed by atoms with Crippen molar-refractivity contribution >= 4 is 0 Å². The second-order valence-corrected chi connectivity index (χ2v) is 5.73. The molecule has 2 saturated heterocycles. The van der Waals surface area contributed by atoms with Gasteiger partial charge in [-0.2, -0.15) is 0 Å². The van der Waals surface area contributed by atoms with Gasteiger partial charge in [-0.05, 0) is 23.3 Å². The topological polar surface area (TPSA) is 33.8 Å². The summed E-state index contributed by atoms with van der Waals surface area (Å²) in [7, 11) is 1.70. The van der Waals surface area contributed by atoms with Gasteiger partial charge in [-0.1, -0.05) is 42.5 Å². The first-order valence-electron chi connectivity index (χ1n) is 7.44. The summed E-state index contributed by atoms with van der Waals surface area (Å²) in [5.74, 6) is 1.21. The van der Waals surface area contributed by atoms with Crippen molar-refractivity contribution in [1.82, 2.24) is 5.32 Å². The molecule has 4 atom stereocenters. The molecule has 2 fully saturated rings. The van der Waals surface area contributed by atoms with Crippen molar-refractivity contribution in [3.05, 3.63) is 65.7 Å². The third-order valence-electron chi connectivity index (χ3n) is 4.52. The first kappa shape index (κ1) is 12.9. The zero-order chi connectivity index (χ0) is 14.2. The molecule has 0 spiro atoms. The summed E-state index contributed by atoms with van der Waals surface area (Å²) < 4.78 is 11.0. The molecule has 3 nitrogen and oxygen atoms in total. The minimum absolute atomic E-state index is 0.314. The van der Waals surface area contributed by atoms with Crippen molar-refractivity contribution < 1.29 is 9.47 Å².